The van der Waals surface area contributed by atoms with Crippen molar-refractivity contribution in [3.63, 3.8) is 0 Å². The topological polar surface area (TPSA) is 176 Å². The highest BCUT2D eigenvalue weighted by Crippen LogP contribution is 2.46. The molecule has 1 aromatic heterocycles. The molecule has 5 aliphatic rings. The van der Waals surface area contributed by atoms with Gasteiger partial charge in [0, 0.05) is 41.5 Å². The van der Waals surface area contributed by atoms with Crippen LogP contribution >= 0.6 is 22.9 Å². The Morgan fingerprint density at radius 1 is 1.11 bits per heavy atom. The van der Waals surface area contributed by atoms with Gasteiger partial charge < -0.3 is 25.0 Å². The molecular formula is C38H40ClFN6O8S2. The summed E-state index contributed by atoms with van der Waals surface area (Å²) in [4.78, 5) is 63.7. The van der Waals surface area contributed by atoms with E-state index < -0.39 is 68.7 Å². The Bertz CT molecular complexity index is 2180. The van der Waals surface area contributed by atoms with Crippen LogP contribution in [0.25, 0.3) is 11.3 Å². The lowest BCUT2D eigenvalue weighted by Crippen LogP contribution is -2.57. The van der Waals surface area contributed by atoms with Crippen molar-refractivity contribution in [2.75, 3.05) is 25.1 Å². The van der Waals surface area contributed by atoms with Gasteiger partial charge in [-0.2, -0.15) is 0 Å². The molecule has 3 aromatic rings. The summed E-state index contributed by atoms with van der Waals surface area (Å²) in [7, 11) is -3.93. The molecule has 3 N–H and O–H groups in total. The van der Waals surface area contributed by atoms with E-state index in [0.29, 0.717) is 53.7 Å². The molecule has 3 fully saturated rings. The number of aromatic nitrogens is 1. The summed E-state index contributed by atoms with van der Waals surface area (Å²) >= 11 is 7.64. The first-order valence-corrected chi connectivity index (χ1v) is 21.3. The number of fused-ring (bicyclic) bond motifs is 3. The van der Waals surface area contributed by atoms with Crippen molar-refractivity contribution < 1.29 is 41.5 Å². The number of sulfonamides is 1. The second-order valence-electron chi connectivity index (χ2n) is 14.8. The van der Waals surface area contributed by atoms with Crippen LogP contribution in [0.3, 0.4) is 0 Å². The average molecular weight is 827 g/mol. The Morgan fingerprint density at radius 3 is 2.68 bits per heavy atom. The van der Waals surface area contributed by atoms with Gasteiger partial charge in [0.1, 0.15) is 29.5 Å². The molecule has 0 bridgehead atoms. The second-order valence-corrected chi connectivity index (χ2v) is 18.0. The highest BCUT2D eigenvalue weighted by Gasteiger charge is 2.62. The molecule has 296 valence electrons. The molecular weight excluding hydrogens is 787 g/mol. The molecule has 2 saturated carbocycles. The number of hydrogen-bond acceptors (Lipinski definition) is 11. The highest BCUT2D eigenvalue weighted by atomic mass is 35.5. The van der Waals surface area contributed by atoms with Crippen LogP contribution in [-0.2, 0) is 47.0 Å². The summed E-state index contributed by atoms with van der Waals surface area (Å²) < 4.78 is 53.2. The maximum absolute atomic E-state index is 14.6. The number of benzene rings is 2. The fourth-order valence-corrected chi connectivity index (χ4v) is 9.92. The number of carbonyl (C=O) groups is 4. The minimum Gasteiger partial charge on any atom is -0.444 e. The van der Waals surface area contributed by atoms with Gasteiger partial charge in [-0.15, -0.1) is 11.3 Å². The maximum Gasteiger partial charge on any atom is 0.410 e. The average Bonchev–Trinajstić information content (AvgIpc) is 3.97. The quantitative estimate of drug-likeness (QED) is 0.291. The van der Waals surface area contributed by atoms with E-state index >= 15 is 0 Å². The van der Waals surface area contributed by atoms with E-state index in [4.69, 9.17) is 21.1 Å². The molecule has 8 rings (SSSR count). The molecule has 14 nitrogen and oxygen atoms in total. The predicted molar refractivity (Wildman–Crippen MR) is 204 cm³/mol. The summed E-state index contributed by atoms with van der Waals surface area (Å²) in [6.45, 7) is 0.916. The Balaban J connectivity index is 1.06. The first kappa shape index (κ1) is 38.3. The number of rotatable bonds is 7. The predicted octanol–water partition coefficient (Wildman–Crippen LogP) is 4.35. The van der Waals surface area contributed by atoms with Crippen LogP contribution in [0.2, 0.25) is 5.02 Å². The number of ether oxygens (including phenoxy) is 2. The SMILES string of the molecule is O=C1N[C@]2(C(=O)NS(=O)(=O)C3CC3)C[C@@H]2/C=C\COCCC[C@H](Nc2nc(-c3ccc(F)cc3)cs2)C(=O)N2C[C@H](OC(=O)N3Cc4cccc(Cl)c4C3)C[C@@H]12. The van der Waals surface area contributed by atoms with Crippen molar-refractivity contribution in [3.8, 4) is 11.3 Å². The minimum absolute atomic E-state index is 0.0643. The van der Waals surface area contributed by atoms with Crippen LogP contribution in [0.5, 0.6) is 0 Å². The lowest BCUT2D eigenvalue weighted by molar-refractivity contribution is -0.140. The van der Waals surface area contributed by atoms with Gasteiger partial charge in [-0.25, -0.2) is 22.6 Å². The highest BCUT2D eigenvalue weighted by molar-refractivity contribution is 7.91. The number of nitrogens with one attached hydrogen (secondary N) is 3. The molecule has 5 atom stereocenters. The Kier molecular flexibility index (Phi) is 10.5. The molecule has 2 aliphatic carbocycles. The third kappa shape index (κ3) is 7.99. The van der Waals surface area contributed by atoms with Gasteiger partial charge in [0.25, 0.3) is 5.91 Å². The van der Waals surface area contributed by atoms with Crippen LogP contribution in [0.15, 0.2) is 60.0 Å². The van der Waals surface area contributed by atoms with E-state index in [1.54, 1.807) is 35.7 Å². The van der Waals surface area contributed by atoms with E-state index in [-0.39, 0.29) is 44.9 Å². The van der Waals surface area contributed by atoms with E-state index in [1.165, 1.54) is 33.3 Å². The lowest BCUT2D eigenvalue weighted by atomic mass is 10.1. The number of amides is 4. The van der Waals surface area contributed by atoms with Crippen molar-refractivity contribution in [3.05, 3.63) is 82.0 Å². The van der Waals surface area contributed by atoms with E-state index in [2.05, 4.69) is 20.3 Å². The van der Waals surface area contributed by atoms with Crippen molar-refractivity contribution in [1.29, 1.82) is 0 Å². The molecule has 4 heterocycles. The van der Waals surface area contributed by atoms with E-state index in [9.17, 15) is 32.0 Å². The van der Waals surface area contributed by atoms with Crippen LogP contribution in [0.1, 0.15) is 49.7 Å². The van der Waals surface area contributed by atoms with Crippen molar-refractivity contribution in [2.24, 2.45) is 5.92 Å². The number of thiazole rings is 1. The largest absolute Gasteiger partial charge is 0.444 e. The maximum atomic E-state index is 14.6. The lowest BCUT2D eigenvalue weighted by Gasteiger charge is -2.29. The number of carbonyl (C=O) groups excluding carboxylic acids is 4. The Hall–Kier alpha value is -4.58. The van der Waals surface area contributed by atoms with Crippen LogP contribution < -0.4 is 15.4 Å². The first-order valence-electron chi connectivity index (χ1n) is 18.5. The standard InChI is InChI=1S/C38H40ClFN6O8S2/c39-29-6-1-4-23-18-45(20-28(23)29)37(50)54-26-16-32-33(47)43-38(35(49)44-56(51,52)27-12-13-27)17-24(38)5-2-14-53-15-3-7-30(34(48)46(32)19-26)41-36-42-31(21-55-36)22-8-10-25(40)11-9-22/h1-2,4-6,8-11,21,24,26-27,30,32H,3,7,12-20H2,(H,41,42)(H,43,47)(H,44,49)/b5-2-/t24-,26+,30-,32-,38+/m0/s1. The van der Waals surface area contributed by atoms with Crippen LogP contribution in [-0.4, -0.2) is 95.8 Å². The Morgan fingerprint density at radius 2 is 1.91 bits per heavy atom. The zero-order valence-corrected chi connectivity index (χ0v) is 32.5. The smallest absolute Gasteiger partial charge is 0.410 e. The summed E-state index contributed by atoms with van der Waals surface area (Å²) in [6, 6.07) is 9.28. The number of anilines is 1. The molecule has 0 spiro atoms. The molecule has 4 amide bonds. The van der Waals surface area contributed by atoms with Crippen molar-refractivity contribution in [1.82, 2.24) is 24.8 Å². The molecule has 56 heavy (non-hydrogen) atoms. The van der Waals surface area contributed by atoms with E-state index in [0.717, 1.165) is 11.1 Å². The summed E-state index contributed by atoms with van der Waals surface area (Å²) in [5.74, 6) is -2.88. The molecule has 0 unspecified atom stereocenters. The molecule has 0 radical (unpaired) electrons. The van der Waals surface area contributed by atoms with Gasteiger partial charge >= 0.3 is 6.09 Å². The molecule has 3 aliphatic heterocycles. The number of hydrogen-bond donors (Lipinski definition) is 3. The monoisotopic (exact) mass is 826 g/mol. The fraction of sp³-hybridized carbons (Fsp3) is 0.447. The van der Waals surface area contributed by atoms with Gasteiger partial charge in [-0.3, -0.25) is 24.0 Å². The van der Waals surface area contributed by atoms with Crippen molar-refractivity contribution in [2.45, 2.75) is 80.6 Å². The normalized spacial score (nSPS) is 27.2. The van der Waals surface area contributed by atoms with Gasteiger partial charge in [-0.1, -0.05) is 35.9 Å². The molecule has 1 saturated heterocycles. The molecule has 2 aromatic carbocycles. The van der Waals surface area contributed by atoms with Crippen LogP contribution in [0.4, 0.5) is 14.3 Å². The van der Waals surface area contributed by atoms with Gasteiger partial charge in [0.15, 0.2) is 5.13 Å². The summed E-state index contributed by atoms with van der Waals surface area (Å²) in [6.07, 6.45) is 3.68. The van der Waals surface area contributed by atoms with Crippen LogP contribution in [0, 0.1) is 11.7 Å². The van der Waals surface area contributed by atoms with Gasteiger partial charge in [0.2, 0.25) is 21.8 Å². The van der Waals surface area contributed by atoms with E-state index in [1.807, 2.05) is 12.1 Å². The summed E-state index contributed by atoms with van der Waals surface area (Å²) in [5.41, 5.74) is 1.42. The number of halogens is 2. The molecule has 18 heteroatoms. The zero-order chi connectivity index (χ0) is 39.2. The van der Waals surface area contributed by atoms with Crippen molar-refractivity contribution >= 4 is 61.9 Å². The minimum atomic E-state index is -3.93. The third-order valence-electron chi connectivity index (χ3n) is 10.9. The van der Waals surface area contributed by atoms with Gasteiger partial charge in [0.05, 0.1) is 30.6 Å². The fourth-order valence-electron chi connectivity index (χ4n) is 7.53. The zero-order valence-electron chi connectivity index (χ0n) is 30.1. The Labute approximate surface area is 331 Å². The third-order valence-corrected chi connectivity index (χ3v) is 13.8. The van der Waals surface area contributed by atoms with Gasteiger partial charge in [-0.05, 0) is 73.6 Å². The summed E-state index contributed by atoms with van der Waals surface area (Å²) in [5, 5.41) is 8.15. The second kappa shape index (κ2) is 15.4. The number of nitrogens with zero attached hydrogens (tertiary/aromatic N) is 3. The first-order chi connectivity index (χ1) is 26.9.